The number of aliphatic hydroxyl groups is 1. The van der Waals surface area contributed by atoms with Gasteiger partial charge in [-0.25, -0.2) is 0 Å². The van der Waals surface area contributed by atoms with Crippen LogP contribution in [-0.2, 0) is 6.42 Å². The third-order valence-electron chi connectivity index (χ3n) is 2.56. The predicted octanol–water partition coefficient (Wildman–Crippen LogP) is 2.69. The molecule has 4 heteroatoms. The third-order valence-corrected chi connectivity index (χ3v) is 2.56. The van der Waals surface area contributed by atoms with Crippen LogP contribution in [0.15, 0.2) is 24.3 Å². The van der Waals surface area contributed by atoms with Crippen molar-refractivity contribution in [1.82, 2.24) is 0 Å². The van der Waals surface area contributed by atoms with Crippen LogP contribution in [0.25, 0.3) is 0 Å². The largest absolute Gasteiger partial charge is 0.393 e. The molecular weight excluding hydrogens is 206 g/mol. The first-order valence-corrected chi connectivity index (χ1v) is 5.55. The van der Waals surface area contributed by atoms with Gasteiger partial charge in [-0.05, 0) is 19.3 Å². The molecule has 1 aromatic rings. The average molecular weight is 223 g/mol. The van der Waals surface area contributed by atoms with Crippen LogP contribution in [0.3, 0.4) is 0 Å². The quantitative estimate of drug-likeness (QED) is 0.595. The van der Waals surface area contributed by atoms with E-state index in [1.165, 1.54) is 6.07 Å². The molecule has 1 atom stereocenters. The van der Waals surface area contributed by atoms with E-state index in [1.807, 2.05) is 6.92 Å². The Labute approximate surface area is 95.1 Å². The fraction of sp³-hybridized carbons (Fsp3) is 0.500. The molecule has 0 radical (unpaired) electrons. The highest BCUT2D eigenvalue weighted by Gasteiger charge is 2.13. The lowest BCUT2D eigenvalue weighted by molar-refractivity contribution is -0.385. The van der Waals surface area contributed by atoms with Crippen LogP contribution in [0.4, 0.5) is 5.69 Å². The molecule has 0 fully saturated rings. The van der Waals surface area contributed by atoms with Crippen molar-refractivity contribution in [3.63, 3.8) is 0 Å². The number of nitro groups is 1. The van der Waals surface area contributed by atoms with Crippen LogP contribution < -0.4 is 0 Å². The fourth-order valence-electron chi connectivity index (χ4n) is 1.70. The number of aliphatic hydroxyl groups excluding tert-OH is 1. The van der Waals surface area contributed by atoms with E-state index in [2.05, 4.69) is 0 Å². The first-order valence-electron chi connectivity index (χ1n) is 5.55. The van der Waals surface area contributed by atoms with Gasteiger partial charge >= 0.3 is 0 Å². The van der Waals surface area contributed by atoms with Crippen molar-refractivity contribution >= 4 is 5.69 Å². The second-order valence-corrected chi connectivity index (χ2v) is 3.87. The smallest absolute Gasteiger partial charge is 0.272 e. The SMILES string of the molecule is CCCC(O)CCc1ccccc1[N+](=O)[O-]. The Morgan fingerprint density at radius 3 is 2.69 bits per heavy atom. The number of hydrogen-bond acceptors (Lipinski definition) is 3. The number of hydrogen-bond donors (Lipinski definition) is 1. The van der Waals surface area contributed by atoms with Gasteiger partial charge in [-0.15, -0.1) is 0 Å². The lowest BCUT2D eigenvalue weighted by Crippen LogP contribution is -2.08. The molecule has 0 aliphatic heterocycles. The zero-order valence-electron chi connectivity index (χ0n) is 9.43. The minimum absolute atomic E-state index is 0.145. The van der Waals surface area contributed by atoms with Gasteiger partial charge in [0, 0.05) is 11.6 Å². The molecule has 16 heavy (non-hydrogen) atoms. The van der Waals surface area contributed by atoms with Gasteiger partial charge in [-0.1, -0.05) is 31.5 Å². The van der Waals surface area contributed by atoms with Gasteiger partial charge in [0.15, 0.2) is 0 Å². The molecule has 1 N–H and O–H groups in total. The minimum atomic E-state index is -0.373. The summed E-state index contributed by atoms with van der Waals surface area (Å²) < 4.78 is 0. The second-order valence-electron chi connectivity index (χ2n) is 3.87. The lowest BCUT2D eigenvalue weighted by Gasteiger charge is -2.08. The zero-order valence-corrected chi connectivity index (χ0v) is 9.43. The van der Waals surface area contributed by atoms with Gasteiger partial charge in [0.05, 0.1) is 11.0 Å². The van der Waals surface area contributed by atoms with Crippen LogP contribution >= 0.6 is 0 Å². The Balaban J connectivity index is 2.63. The van der Waals surface area contributed by atoms with Crippen molar-refractivity contribution in [2.45, 2.75) is 38.7 Å². The molecule has 1 unspecified atom stereocenters. The van der Waals surface area contributed by atoms with Crippen LogP contribution in [0.1, 0.15) is 31.7 Å². The Hall–Kier alpha value is -1.42. The molecule has 0 aliphatic carbocycles. The topological polar surface area (TPSA) is 63.4 Å². The normalized spacial score (nSPS) is 12.4. The molecule has 0 saturated heterocycles. The van der Waals surface area contributed by atoms with Crippen molar-refractivity contribution in [3.8, 4) is 0 Å². The van der Waals surface area contributed by atoms with Gasteiger partial charge in [0.25, 0.3) is 5.69 Å². The van der Waals surface area contributed by atoms with E-state index >= 15 is 0 Å². The maximum Gasteiger partial charge on any atom is 0.272 e. The summed E-state index contributed by atoms with van der Waals surface area (Å²) in [6, 6.07) is 6.69. The molecular formula is C12H17NO3. The molecule has 4 nitrogen and oxygen atoms in total. The molecule has 1 rings (SSSR count). The second kappa shape index (κ2) is 6.23. The monoisotopic (exact) mass is 223 g/mol. The molecule has 0 aliphatic rings. The van der Waals surface area contributed by atoms with E-state index in [1.54, 1.807) is 18.2 Å². The third kappa shape index (κ3) is 3.62. The van der Waals surface area contributed by atoms with E-state index in [9.17, 15) is 15.2 Å². The molecule has 0 aromatic heterocycles. The van der Waals surface area contributed by atoms with E-state index in [0.29, 0.717) is 18.4 Å². The van der Waals surface area contributed by atoms with Crippen LogP contribution in [0.2, 0.25) is 0 Å². The number of nitro benzene ring substituents is 1. The zero-order chi connectivity index (χ0) is 12.0. The average Bonchev–Trinajstić information content (AvgIpc) is 2.27. The van der Waals surface area contributed by atoms with E-state index < -0.39 is 0 Å². The summed E-state index contributed by atoms with van der Waals surface area (Å²) in [5.41, 5.74) is 0.842. The Morgan fingerprint density at radius 1 is 1.38 bits per heavy atom. The minimum Gasteiger partial charge on any atom is -0.393 e. The number of benzene rings is 1. The van der Waals surface area contributed by atoms with Crippen molar-refractivity contribution in [2.75, 3.05) is 0 Å². The van der Waals surface area contributed by atoms with Crippen LogP contribution in [-0.4, -0.2) is 16.1 Å². The molecule has 0 saturated carbocycles. The van der Waals surface area contributed by atoms with Gasteiger partial charge in [0.2, 0.25) is 0 Å². The van der Waals surface area contributed by atoms with Gasteiger partial charge in [-0.3, -0.25) is 10.1 Å². The van der Waals surface area contributed by atoms with Gasteiger partial charge < -0.3 is 5.11 Å². The predicted molar refractivity (Wildman–Crippen MR) is 62.3 cm³/mol. The molecule has 0 amide bonds. The Morgan fingerprint density at radius 2 is 2.06 bits per heavy atom. The highest BCUT2D eigenvalue weighted by Crippen LogP contribution is 2.20. The summed E-state index contributed by atoms with van der Waals surface area (Å²) in [5.74, 6) is 0. The molecule has 1 aromatic carbocycles. The standard InChI is InChI=1S/C12H17NO3/c1-2-5-11(14)9-8-10-6-3-4-7-12(10)13(15)16/h3-4,6-7,11,14H,2,5,8-9H2,1H3. The number of rotatable bonds is 6. The number of para-hydroxylation sites is 1. The van der Waals surface area contributed by atoms with Crippen LogP contribution in [0, 0.1) is 10.1 Å². The van der Waals surface area contributed by atoms with Gasteiger partial charge in [-0.2, -0.15) is 0 Å². The van der Waals surface area contributed by atoms with E-state index in [4.69, 9.17) is 0 Å². The molecule has 0 spiro atoms. The van der Waals surface area contributed by atoms with E-state index in [0.717, 1.165) is 12.8 Å². The van der Waals surface area contributed by atoms with Crippen LogP contribution in [0.5, 0.6) is 0 Å². The first kappa shape index (κ1) is 12.6. The Kier molecular flexibility index (Phi) is 4.92. The number of nitrogens with zero attached hydrogens (tertiary/aromatic N) is 1. The summed E-state index contributed by atoms with van der Waals surface area (Å²) in [5, 5.41) is 20.3. The molecule has 0 bridgehead atoms. The van der Waals surface area contributed by atoms with Gasteiger partial charge in [0.1, 0.15) is 0 Å². The van der Waals surface area contributed by atoms with Crippen molar-refractivity contribution < 1.29 is 10.0 Å². The van der Waals surface area contributed by atoms with Crippen molar-refractivity contribution in [1.29, 1.82) is 0 Å². The van der Waals surface area contributed by atoms with Crippen molar-refractivity contribution in [2.24, 2.45) is 0 Å². The molecule has 0 heterocycles. The first-order chi connectivity index (χ1) is 7.65. The highest BCUT2D eigenvalue weighted by atomic mass is 16.6. The highest BCUT2D eigenvalue weighted by molar-refractivity contribution is 5.39. The molecule has 88 valence electrons. The van der Waals surface area contributed by atoms with E-state index in [-0.39, 0.29) is 16.7 Å². The summed E-state index contributed by atoms with van der Waals surface area (Å²) >= 11 is 0. The van der Waals surface area contributed by atoms with Crippen molar-refractivity contribution in [3.05, 3.63) is 39.9 Å². The summed E-state index contributed by atoms with van der Waals surface area (Å²) in [6.45, 7) is 2.01. The summed E-state index contributed by atoms with van der Waals surface area (Å²) in [6.07, 6.45) is 2.46. The summed E-state index contributed by atoms with van der Waals surface area (Å²) in [4.78, 5) is 10.4. The maximum atomic E-state index is 10.7. The number of aryl methyl sites for hydroxylation is 1. The summed E-state index contributed by atoms with van der Waals surface area (Å²) in [7, 11) is 0. The Bertz CT molecular complexity index is 352. The fourth-order valence-corrected chi connectivity index (χ4v) is 1.70. The lowest BCUT2D eigenvalue weighted by atomic mass is 10.0. The maximum absolute atomic E-state index is 10.7.